The molecule has 0 radical (unpaired) electrons. The second kappa shape index (κ2) is 5.33. The summed E-state index contributed by atoms with van der Waals surface area (Å²) in [6, 6.07) is 6.36. The van der Waals surface area contributed by atoms with Crippen LogP contribution in [0.3, 0.4) is 0 Å². The van der Waals surface area contributed by atoms with E-state index < -0.39 is 0 Å². The average Bonchev–Trinajstić information content (AvgIpc) is 2.79. The van der Waals surface area contributed by atoms with Crippen molar-refractivity contribution in [3.63, 3.8) is 0 Å². The molecule has 2 nitrogen and oxygen atoms in total. The second-order valence-electron chi connectivity index (χ2n) is 4.94. The van der Waals surface area contributed by atoms with Crippen LogP contribution in [-0.4, -0.2) is 16.1 Å². The van der Waals surface area contributed by atoms with Gasteiger partial charge < -0.3 is 4.98 Å². The van der Waals surface area contributed by atoms with Gasteiger partial charge in [-0.2, -0.15) is 0 Å². The van der Waals surface area contributed by atoms with Crippen molar-refractivity contribution >= 4 is 38.7 Å². The van der Waals surface area contributed by atoms with Gasteiger partial charge in [0.05, 0.1) is 5.69 Å². The number of halogens is 1. The number of alkyl halides is 1. The van der Waals surface area contributed by atoms with Gasteiger partial charge in [-0.3, -0.25) is 4.79 Å². The first-order chi connectivity index (χ1) is 9.29. The molecule has 0 saturated heterocycles. The number of nitrogens with one attached hydrogen (secondary N) is 1. The van der Waals surface area contributed by atoms with E-state index >= 15 is 0 Å². The Labute approximate surface area is 121 Å². The van der Waals surface area contributed by atoms with Crippen molar-refractivity contribution in [1.82, 2.24) is 4.98 Å². The van der Waals surface area contributed by atoms with Gasteiger partial charge in [-0.05, 0) is 42.5 Å². The lowest BCUT2D eigenvalue weighted by atomic mass is 9.94. The number of H-pyrrole nitrogens is 1. The summed E-state index contributed by atoms with van der Waals surface area (Å²) in [4.78, 5) is 15.2. The maximum Gasteiger partial charge on any atom is 0.179 e. The van der Waals surface area contributed by atoms with Gasteiger partial charge in [-0.1, -0.05) is 34.1 Å². The first-order valence-corrected chi connectivity index (χ1v) is 7.82. The van der Waals surface area contributed by atoms with Gasteiger partial charge >= 0.3 is 0 Å². The summed E-state index contributed by atoms with van der Waals surface area (Å²) in [5.41, 5.74) is 4.33. The number of aromatic amines is 1. The predicted molar refractivity (Wildman–Crippen MR) is 83.0 cm³/mol. The standard InChI is InChI=1S/C16H16BrNO/c17-9-2-1-4-11-7-8-14-13(10-11)12-5-3-6-15(19)16(12)18-14/h1,4,7-8,10,18H,2-3,5-6,9H2. The number of fused-ring (bicyclic) bond motifs is 3. The Morgan fingerprint density at radius 2 is 2.21 bits per heavy atom. The Bertz CT molecular complexity index is 654. The molecule has 3 heteroatoms. The van der Waals surface area contributed by atoms with Crippen molar-refractivity contribution in [1.29, 1.82) is 0 Å². The van der Waals surface area contributed by atoms with Crippen molar-refractivity contribution in [2.45, 2.75) is 25.7 Å². The molecular weight excluding hydrogens is 302 g/mol. The van der Waals surface area contributed by atoms with Crippen LogP contribution in [-0.2, 0) is 6.42 Å². The van der Waals surface area contributed by atoms with Crippen LogP contribution in [0.2, 0.25) is 0 Å². The minimum absolute atomic E-state index is 0.258. The van der Waals surface area contributed by atoms with E-state index in [9.17, 15) is 4.79 Å². The van der Waals surface area contributed by atoms with E-state index in [1.807, 2.05) is 0 Å². The zero-order valence-electron chi connectivity index (χ0n) is 10.7. The third kappa shape index (κ3) is 2.39. The molecule has 0 bridgehead atoms. The molecule has 3 rings (SSSR count). The van der Waals surface area contributed by atoms with Crippen LogP contribution in [0.5, 0.6) is 0 Å². The molecule has 2 aromatic rings. The molecular formula is C16H16BrNO. The first-order valence-electron chi connectivity index (χ1n) is 6.70. The number of aryl methyl sites for hydroxylation is 1. The van der Waals surface area contributed by atoms with Gasteiger partial charge in [0.25, 0.3) is 0 Å². The first kappa shape index (κ1) is 12.7. The van der Waals surface area contributed by atoms with E-state index in [4.69, 9.17) is 0 Å². The summed E-state index contributed by atoms with van der Waals surface area (Å²) in [6.07, 6.45) is 8.00. The third-order valence-electron chi connectivity index (χ3n) is 3.63. The molecule has 1 aromatic carbocycles. The second-order valence-corrected chi connectivity index (χ2v) is 5.73. The number of Topliss-reactive ketones (excluding diaryl/α,β-unsaturated/α-hetero) is 1. The lowest BCUT2D eigenvalue weighted by molar-refractivity contribution is 0.0968. The minimum Gasteiger partial charge on any atom is -0.352 e. The molecule has 1 heterocycles. The highest BCUT2D eigenvalue weighted by atomic mass is 79.9. The van der Waals surface area contributed by atoms with Gasteiger partial charge in [0.1, 0.15) is 0 Å². The maximum atomic E-state index is 11.9. The monoisotopic (exact) mass is 317 g/mol. The van der Waals surface area contributed by atoms with Gasteiger partial charge in [0.2, 0.25) is 0 Å². The van der Waals surface area contributed by atoms with Crippen LogP contribution < -0.4 is 0 Å². The summed E-state index contributed by atoms with van der Waals surface area (Å²) >= 11 is 3.42. The van der Waals surface area contributed by atoms with E-state index in [-0.39, 0.29) is 5.78 Å². The van der Waals surface area contributed by atoms with E-state index in [2.05, 4.69) is 51.3 Å². The van der Waals surface area contributed by atoms with Crippen LogP contribution in [0.4, 0.5) is 0 Å². The fraction of sp³-hybridized carbons (Fsp3) is 0.312. The van der Waals surface area contributed by atoms with Gasteiger partial charge in [-0.25, -0.2) is 0 Å². The molecule has 1 aliphatic rings. The van der Waals surface area contributed by atoms with E-state index in [1.54, 1.807) is 0 Å². The van der Waals surface area contributed by atoms with Gasteiger partial charge in [-0.15, -0.1) is 0 Å². The smallest absolute Gasteiger partial charge is 0.179 e. The number of aromatic nitrogens is 1. The predicted octanol–water partition coefficient (Wildman–Crippen LogP) is 4.49. The zero-order valence-corrected chi connectivity index (χ0v) is 12.3. The highest BCUT2D eigenvalue weighted by Gasteiger charge is 2.21. The molecule has 0 fully saturated rings. The normalized spacial score (nSPS) is 15.3. The fourth-order valence-corrected chi connectivity index (χ4v) is 2.96. The van der Waals surface area contributed by atoms with E-state index in [0.717, 1.165) is 35.8 Å². The SMILES string of the molecule is O=C1CCCc2c1[nH]c1ccc(C=CCCBr)cc21. The van der Waals surface area contributed by atoms with E-state index in [1.165, 1.54) is 16.5 Å². The quantitative estimate of drug-likeness (QED) is 0.831. The molecule has 1 aliphatic carbocycles. The molecule has 0 aliphatic heterocycles. The Morgan fingerprint density at radius 1 is 1.32 bits per heavy atom. The molecule has 1 N–H and O–H groups in total. The number of benzene rings is 1. The number of carbonyl (C=O) groups is 1. The number of hydrogen-bond acceptors (Lipinski definition) is 1. The highest BCUT2D eigenvalue weighted by molar-refractivity contribution is 9.09. The molecule has 0 atom stereocenters. The maximum absolute atomic E-state index is 11.9. The average molecular weight is 318 g/mol. The Kier molecular flexibility index (Phi) is 3.56. The minimum atomic E-state index is 0.258. The highest BCUT2D eigenvalue weighted by Crippen LogP contribution is 2.29. The molecule has 19 heavy (non-hydrogen) atoms. The zero-order chi connectivity index (χ0) is 13.2. The third-order valence-corrected chi connectivity index (χ3v) is 4.08. The van der Waals surface area contributed by atoms with Crippen molar-refractivity contribution in [3.8, 4) is 0 Å². The molecule has 0 unspecified atom stereocenters. The Morgan fingerprint density at radius 3 is 3.05 bits per heavy atom. The van der Waals surface area contributed by atoms with Crippen LogP contribution in [0.15, 0.2) is 24.3 Å². The Hall–Kier alpha value is -1.35. The number of rotatable bonds is 3. The summed E-state index contributed by atoms with van der Waals surface area (Å²) in [5, 5.41) is 2.20. The summed E-state index contributed by atoms with van der Waals surface area (Å²) in [5.74, 6) is 0.258. The number of allylic oxidation sites excluding steroid dienone is 1. The summed E-state index contributed by atoms with van der Waals surface area (Å²) in [6.45, 7) is 0. The number of hydrogen-bond donors (Lipinski definition) is 1. The molecule has 0 saturated carbocycles. The van der Waals surface area contributed by atoms with Crippen LogP contribution in [0.1, 0.15) is 40.9 Å². The molecule has 0 amide bonds. The summed E-state index contributed by atoms with van der Waals surface area (Å²) in [7, 11) is 0. The van der Waals surface area contributed by atoms with Crippen molar-refractivity contribution in [2.24, 2.45) is 0 Å². The number of ketones is 1. The van der Waals surface area contributed by atoms with Crippen molar-refractivity contribution < 1.29 is 4.79 Å². The summed E-state index contributed by atoms with van der Waals surface area (Å²) < 4.78 is 0. The Balaban J connectivity index is 2.05. The molecule has 1 aromatic heterocycles. The van der Waals surface area contributed by atoms with Gasteiger partial charge in [0, 0.05) is 22.7 Å². The van der Waals surface area contributed by atoms with Crippen LogP contribution in [0, 0.1) is 0 Å². The van der Waals surface area contributed by atoms with Crippen molar-refractivity contribution in [2.75, 3.05) is 5.33 Å². The van der Waals surface area contributed by atoms with Crippen molar-refractivity contribution in [3.05, 3.63) is 41.1 Å². The topological polar surface area (TPSA) is 32.9 Å². The van der Waals surface area contributed by atoms with Crippen LogP contribution >= 0.6 is 15.9 Å². The largest absolute Gasteiger partial charge is 0.352 e. The lowest BCUT2D eigenvalue weighted by Gasteiger charge is -2.09. The van der Waals surface area contributed by atoms with Crippen LogP contribution in [0.25, 0.3) is 17.0 Å². The number of carbonyl (C=O) groups excluding carboxylic acids is 1. The van der Waals surface area contributed by atoms with Gasteiger partial charge in [0.15, 0.2) is 5.78 Å². The lowest BCUT2D eigenvalue weighted by Crippen LogP contribution is -2.09. The van der Waals surface area contributed by atoms with E-state index in [0.29, 0.717) is 6.42 Å². The molecule has 0 spiro atoms. The molecule has 98 valence electrons. The fourth-order valence-electron chi connectivity index (χ4n) is 2.70.